The quantitative estimate of drug-likeness (QED) is 0.668. The van der Waals surface area contributed by atoms with Gasteiger partial charge in [0.2, 0.25) is 0 Å². The standard InChI is InChI=1S/C9H12O.C8H10O.3C2H6/c1-8-3-5-9(6-4-8)7-10-2;1-7-3-2-4-8(5-7)6-9;3*1-2/h3-6H,7H2,1-2H3;2-5,9H,6H2,1H3;3*1-2H3. The molecule has 0 saturated heterocycles. The molecule has 2 heteroatoms. The van der Waals surface area contributed by atoms with Crippen LogP contribution in [0.5, 0.6) is 0 Å². The van der Waals surface area contributed by atoms with Crippen LogP contribution in [0.3, 0.4) is 0 Å². The lowest BCUT2D eigenvalue weighted by Crippen LogP contribution is -1.85. The number of benzene rings is 2. The zero-order valence-corrected chi connectivity index (χ0v) is 17.9. The van der Waals surface area contributed by atoms with Crippen molar-refractivity contribution in [2.45, 2.75) is 68.6 Å². The third-order valence-electron chi connectivity index (χ3n) is 2.70. The molecule has 0 atom stereocenters. The lowest BCUT2D eigenvalue weighted by atomic mass is 10.1. The Kier molecular flexibility index (Phi) is 25.2. The first kappa shape index (κ1) is 28.2. The third kappa shape index (κ3) is 17.0. The summed E-state index contributed by atoms with van der Waals surface area (Å²) in [7, 11) is 1.71. The fourth-order valence-electron chi connectivity index (χ4n) is 1.66. The molecule has 0 amide bonds. The highest BCUT2D eigenvalue weighted by Gasteiger charge is 1.88. The maximum Gasteiger partial charge on any atom is 0.0713 e. The SMILES string of the molecule is CC.CC.CC.COCc1ccc(C)cc1.Cc1cccc(CO)c1. The summed E-state index contributed by atoms with van der Waals surface area (Å²) < 4.78 is 4.97. The number of hydrogen-bond donors (Lipinski definition) is 1. The first-order valence-electron chi connectivity index (χ1n) is 9.36. The van der Waals surface area contributed by atoms with Crippen LogP contribution in [0.4, 0.5) is 0 Å². The van der Waals surface area contributed by atoms with Crippen molar-refractivity contribution in [1.29, 1.82) is 0 Å². The van der Waals surface area contributed by atoms with Crippen molar-refractivity contribution in [1.82, 2.24) is 0 Å². The van der Waals surface area contributed by atoms with Crippen molar-refractivity contribution in [3.8, 4) is 0 Å². The highest BCUT2D eigenvalue weighted by atomic mass is 16.5. The summed E-state index contributed by atoms with van der Waals surface area (Å²) in [5, 5.41) is 8.66. The molecule has 25 heavy (non-hydrogen) atoms. The molecule has 0 fully saturated rings. The minimum atomic E-state index is 0.141. The van der Waals surface area contributed by atoms with E-state index in [-0.39, 0.29) is 6.61 Å². The molecule has 0 aliphatic heterocycles. The van der Waals surface area contributed by atoms with Gasteiger partial charge in [-0.2, -0.15) is 0 Å². The average Bonchev–Trinajstić information content (AvgIpc) is 2.69. The molecular formula is C23H40O2. The van der Waals surface area contributed by atoms with Crippen molar-refractivity contribution in [3.05, 3.63) is 70.8 Å². The number of ether oxygens (including phenoxy) is 1. The van der Waals surface area contributed by atoms with Gasteiger partial charge in [-0.25, -0.2) is 0 Å². The highest BCUT2D eigenvalue weighted by Crippen LogP contribution is 2.03. The van der Waals surface area contributed by atoms with Gasteiger partial charge < -0.3 is 9.84 Å². The third-order valence-corrected chi connectivity index (χ3v) is 2.70. The van der Waals surface area contributed by atoms with Gasteiger partial charge in [0.25, 0.3) is 0 Å². The molecule has 0 heterocycles. The molecule has 144 valence electrons. The van der Waals surface area contributed by atoms with Gasteiger partial charge >= 0.3 is 0 Å². The van der Waals surface area contributed by atoms with E-state index < -0.39 is 0 Å². The summed E-state index contributed by atoms with van der Waals surface area (Å²) in [6.45, 7) is 16.9. The predicted molar refractivity (Wildman–Crippen MR) is 113 cm³/mol. The van der Waals surface area contributed by atoms with Crippen LogP contribution >= 0.6 is 0 Å². The summed E-state index contributed by atoms with van der Waals surface area (Å²) in [5.41, 5.74) is 4.70. The molecule has 0 bridgehead atoms. The van der Waals surface area contributed by atoms with Crippen molar-refractivity contribution in [2.24, 2.45) is 0 Å². The number of hydrogen-bond acceptors (Lipinski definition) is 2. The Labute approximate surface area is 156 Å². The Morgan fingerprint density at radius 3 is 1.60 bits per heavy atom. The van der Waals surface area contributed by atoms with Gasteiger partial charge in [0.15, 0.2) is 0 Å². The molecule has 0 spiro atoms. The van der Waals surface area contributed by atoms with E-state index in [9.17, 15) is 0 Å². The van der Waals surface area contributed by atoms with Crippen molar-refractivity contribution in [2.75, 3.05) is 7.11 Å². The molecule has 0 aliphatic carbocycles. The highest BCUT2D eigenvalue weighted by molar-refractivity contribution is 5.21. The molecule has 0 aliphatic rings. The summed E-state index contributed by atoms with van der Waals surface area (Å²) in [5.74, 6) is 0. The van der Waals surface area contributed by atoms with Gasteiger partial charge in [0.05, 0.1) is 13.2 Å². The smallest absolute Gasteiger partial charge is 0.0713 e. The lowest BCUT2D eigenvalue weighted by Gasteiger charge is -1.98. The zero-order chi connectivity index (χ0) is 20.1. The Morgan fingerprint density at radius 2 is 1.24 bits per heavy atom. The van der Waals surface area contributed by atoms with Gasteiger partial charge in [0.1, 0.15) is 0 Å². The van der Waals surface area contributed by atoms with Crippen molar-refractivity contribution < 1.29 is 9.84 Å². The van der Waals surface area contributed by atoms with Crippen LogP contribution in [0.1, 0.15) is 63.8 Å². The zero-order valence-electron chi connectivity index (χ0n) is 17.9. The summed E-state index contributed by atoms with van der Waals surface area (Å²) >= 11 is 0. The summed E-state index contributed by atoms with van der Waals surface area (Å²) in [6, 6.07) is 16.2. The molecule has 2 rings (SSSR count). The Hall–Kier alpha value is -1.64. The van der Waals surface area contributed by atoms with Crippen LogP contribution in [0.2, 0.25) is 0 Å². The second kappa shape index (κ2) is 22.4. The maximum atomic E-state index is 8.66. The lowest BCUT2D eigenvalue weighted by molar-refractivity contribution is 0.185. The second-order valence-corrected chi connectivity index (χ2v) is 4.57. The molecule has 0 radical (unpaired) electrons. The van der Waals surface area contributed by atoms with E-state index in [0.29, 0.717) is 6.61 Å². The van der Waals surface area contributed by atoms with Crippen molar-refractivity contribution in [3.63, 3.8) is 0 Å². The van der Waals surface area contributed by atoms with Crippen LogP contribution < -0.4 is 0 Å². The van der Waals surface area contributed by atoms with Crippen molar-refractivity contribution >= 4 is 0 Å². The molecule has 2 aromatic carbocycles. The second-order valence-electron chi connectivity index (χ2n) is 4.57. The summed E-state index contributed by atoms with van der Waals surface area (Å²) in [6.07, 6.45) is 0. The van der Waals surface area contributed by atoms with Gasteiger partial charge in [-0.15, -0.1) is 0 Å². The Bertz CT molecular complexity index is 476. The minimum Gasteiger partial charge on any atom is -0.392 e. The van der Waals surface area contributed by atoms with E-state index in [1.807, 2.05) is 72.7 Å². The van der Waals surface area contributed by atoms with Crippen LogP contribution in [0, 0.1) is 13.8 Å². The van der Waals surface area contributed by atoms with Gasteiger partial charge in [0, 0.05) is 7.11 Å². The van der Waals surface area contributed by atoms with Crippen LogP contribution in [0.25, 0.3) is 0 Å². The van der Waals surface area contributed by atoms with E-state index in [4.69, 9.17) is 9.84 Å². The van der Waals surface area contributed by atoms with Gasteiger partial charge in [-0.1, -0.05) is 101 Å². The molecule has 1 N–H and O–H groups in total. The Morgan fingerprint density at radius 1 is 0.720 bits per heavy atom. The Balaban J connectivity index is -0.000000299. The minimum absolute atomic E-state index is 0.141. The number of methoxy groups -OCH3 is 1. The largest absolute Gasteiger partial charge is 0.392 e. The molecule has 2 aromatic rings. The molecule has 0 unspecified atom stereocenters. The number of aliphatic hydroxyl groups excluding tert-OH is 1. The van der Waals surface area contributed by atoms with E-state index in [2.05, 4.69) is 31.2 Å². The number of aryl methyl sites for hydroxylation is 2. The van der Waals surface area contributed by atoms with Gasteiger partial charge in [-0.3, -0.25) is 0 Å². The molecule has 0 aromatic heterocycles. The van der Waals surface area contributed by atoms with E-state index >= 15 is 0 Å². The number of aliphatic hydroxyl groups is 1. The molecule has 2 nitrogen and oxygen atoms in total. The topological polar surface area (TPSA) is 29.5 Å². The predicted octanol–water partition coefficient (Wildman–Crippen LogP) is 6.71. The first-order chi connectivity index (χ1) is 12.2. The average molecular weight is 349 g/mol. The summed E-state index contributed by atoms with van der Waals surface area (Å²) in [4.78, 5) is 0. The first-order valence-corrected chi connectivity index (χ1v) is 9.36. The van der Waals surface area contributed by atoms with Crippen LogP contribution in [-0.4, -0.2) is 12.2 Å². The monoisotopic (exact) mass is 348 g/mol. The van der Waals surface area contributed by atoms with E-state index in [1.54, 1.807) is 7.11 Å². The van der Waals surface area contributed by atoms with E-state index in [1.165, 1.54) is 16.7 Å². The molecule has 0 saturated carbocycles. The normalized spacial score (nSPS) is 8.08. The molecular weight excluding hydrogens is 308 g/mol. The fraction of sp³-hybridized carbons (Fsp3) is 0.478. The maximum absolute atomic E-state index is 8.66. The number of rotatable bonds is 3. The van der Waals surface area contributed by atoms with Gasteiger partial charge in [-0.05, 0) is 25.0 Å². The van der Waals surface area contributed by atoms with Crippen LogP contribution in [-0.2, 0) is 18.0 Å². The fourth-order valence-corrected chi connectivity index (χ4v) is 1.66. The van der Waals surface area contributed by atoms with Crippen LogP contribution in [0.15, 0.2) is 48.5 Å². The van der Waals surface area contributed by atoms with E-state index in [0.717, 1.165) is 5.56 Å².